The van der Waals surface area contributed by atoms with E-state index >= 15 is 0 Å². The zero-order valence-electron chi connectivity index (χ0n) is 31.3. The van der Waals surface area contributed by atoms with Crippen molar-refractivity contribution < 1.29 is 4.42 Å². The third-order valence-corrected chi connectivity index (χ3v) is 13.6. The Kier molecular flexibility index (Phi) is 6.66. The fourth-order valence-electron chi connectivity index (χ4n) is 9.75. The van der Waals surface area contributed by atoms with E-state index in [1.54, 1.807) is 0 Å². The van der Waals surface area contributed by atoms with Gasteiger partial charge in [0.15, 0.2) is 0 Å². The highest BCUT2D eigenvalue weighted by molar-refractivity contribution is 7.26. The van der Waals surface area contributed by atoms with Gasteiger partial charge in [0.1, 0.15) is 11.2 Å². The average molecular weight is 753 g/mol. The lowest BCUT2D eigenvalue weighted by Gasteiger charge is -2.19. The normalized spacial score (nSPS) is 12.1. The maximum absolute atomic E-state index is 6.53. The zero-order chi connectivity index (χ0) is 37.9. The topological polar surface area (TPSA) is 13.1 Å². The van der Waals surface area contributed by atoms with Crippen LogP contribution in [0.1, 0.15) is 0 Å². The number of fused-ring (bicyclic) bond motifs is 13. The van der Waals surface area contributed by atoms with Crippen LogP contribution in [0.25, 0.3) is 129 Å². The van der Waals surface area contributed by atoms with Gasteiger partial charge >= 0.3 is 0 Å². The molecule has 0 atom stereocenters. The van der Waals surface area contributed by atoms with Crippen LogP contribution in [0.15, 0.2) is 199 Å². The van der Waals surface area contributed by atoms with Gasteiger partial charge in [-0.2, -0.15) is 0 Å². The van der Waals surface area contributed by atoms with Crippen LogP contribution in [0, 0.1) is 0 Å². The van der Waals surface area contributed by atoms with Crippen molar-refractivity contribution >= 4 is 107 Å². The van der Waals surface area contributed by atoms with Gasteiger partial charge in [-0.1, -0.05) is 158 Å². The molecule has 0 bridgehead atoms. The van der Waals surface area contributed by atoms with Crippen LogP contribution < -0.4 is 0 Å². The molecule has 0 aliphatic carbocycles. The number of para-hydroxylation sites is 1. The Morgan fingerprint density at radius 2 is 0.897 bits per heavy atom. The molecule has 0 aliphatic heterocycles. The minimum Gasteiger partial charge on any atom is -0.455 e. The molecular weight excluding hydrogens is 721 g/mol. The second-order valence-electron chi connectivity index (χ2n) is 15.5. The van der Waals surface area contributed by atoms with E-state index in [4.69, 9.17) is 4.42 Å². The number of thiophene rings is 1. The van der Waals surface area contributed by atoms with Crippen LogP contribution in [-0.4, -0.2) is 0 Å². The highest BCUT2D eigenvalue weighted by atomic mass is 32.1. The molecule has 2 heterocycles. The standard InChI is InChI=1S/C56H32OS/c1-2-12-40-33(10-1)11-9-18-42(40)54-45-16-5-3-14-43(45)52(44-15-4-6-17-46(44)54)39-23-22-35-30-36(20-21-37(35)31-39)38-26-29-51-49(32-38)48-28-25-34-24-27-47-41-13-7-8-19-50(41)57-55(47)53(34)56(48)58-51/h1-32H. The molecule has 0 fully saturated rings. The van der Waals surface area contributed by atoms with E-state index in [0.29, 0.717) is 0 Å². The van der Waals surface area contributed by atoms with Crippen LogP contribution in [0.5, 0.6) is 0 Å². The molecular formula is C56H32OS. The average Bonchev–Trinajstić information content (AvgIpc) is 3.86. The van der Waals surface area contributed by atoms with Crippen molar-refractivity contribution in [2.45, 2.75) is 0 Å². The van der Waals surface area contributed by atoms with E-state index in [1.165, 1.54) is 118 Å². The lowest BCUT2D eigenvalue weighted by Crippen LogP contribution is -1.91. The molecule has 13 rings (SSSR count). The van der Waals surface area contributed by atoms with E-state index in [9.17, 15) is 0 Å². The molecule has 0 N–H and O–H groups in total. The first-order chi connectivity index (χ1) is 28.7. The van der Waals surface area contributed by atoms with Gasteiger partial charge in [0.25, 0.3) is 0 Å². The van der Waals surface area contributed by atoms with Crippen molar-refractivity contribution in [3.8, 4) is 33.4 Å². The molecule has 0 spiro atoms. The summed E-state index contributed by atoms with van der Waals surface area (Å²) in [4.78, 5) is 0. The molecule has 268 valence electrons. The van der Waals surface area contributed by atoms with Gasteiger partial charge in [-0.05, 0) is 118 Å². The van der Waals surface area contributed by atoms with Crippen molar-refractivity contribution in [1.82, 2.24) is 0 Å². The number of furan rings is 1. The number of hydrogen-bond acceptors (Lipinski definition) is 2. The predicted molar refractivity (Wildman–Crippen MR) is 250 cm³/mol. The summed E-state index contributed by atoms with van der Waals surface area (Å²) in [6, 6.07) is 71.5. The molecule has 0 saturated heterocycles. The molecule has 0 amide bonds. The number of hydrogen-bond donors (Lipinski definition) is 0. The Bertz CT molecular complexity index is 3800. The van der Waals surface area contributed by atoms with E-state index in [0.717, 1.165) is 11.2 Å². The summed E-state index contributed by atoms with van der Waals surface area (Å²) >= 11 is 1.86. The Balaban J connectivity index is 0.946. The summed E-state index contributed by atoms with van der Waals surface area (Å²) in [6.45, 7) is 0. The highest BCUT2D eigenvalue weighted by Gasteiger charge is 2.19. The summed E-state index contributed by atoms with van der Waals surface area (Å²) in [7, 11) is 0. The molecule has 1 nitrogen and oxygen atoms in total. The molecule has 2 heteroatoms. The molecule has 0 unspecified atom stereocenters. The van der Waals surface area contributed by atoms with Gasteiger partial charge < -0.3 is 4.42 Å². The van der Waals surface area contributed by atoms with E-state index in [1.807, 2.05) is 17.4 Å². The van der Waals surface area contributed by atoms with Crippen LogP contribution in [-0.2, 0) is 0 Å². The summed E-state index contributed by atoms with van der Waals surface area (Å²) in [5.41, 5.74) is 9.44. The van der Waals surface area contributed by atoms with Gasteiger partial charge in [-0.15, -0.1) is 11.3 Å². The minimum absolute atomic E-state index is 0.935. The van der Waals surface area contributed by atoms with Crippen LogP contribution in [0.2, 0.25) is 0 Å². The third-order valence-electron chi connectivity index (χ3n) is 12.4. The summed E-state index contributed by atoms with van der Waals surface area (Å²) in [5, 5.41) is 17.4. The van der Waals surface area contributed by atoms with Gasteiger partial charge in [-0.25, -0.2) is 0 Å². The van der Waals surface area contributed by atoms with Crippen molar-refractivity contribution in [2.75, 3.05) is 0 Å². The third kappa shape index (κ3) is 4.58. The maximum Gasteiger partial charge on any atom is 0.144 e. The summed E-state index contributed by atoms with van der Waals surface area (Å²) in [5.74, 6) is 0. The molecule has 58 heavy (non-hydrogen) atoms. The first-order valence-corrected chi connectivity index (χ1v) is 20.7. The quantitative estimate of drug-likeness (QED) is 0.164. The fourth-order valence-corrected chi connectivity index (χ4v) is 11.0. The fraction of sp³-hybridized carbons (Fsp3) is 0. The Labute approximate surface area is 337 Å². The van der Waals surface area contributed by atoms with Crippen LogP contribution in [0.3, 0.4) is 0 Å². The first-order valence-electron chi connectivity index (χ1n) is 19.9. The van der Waals surface area contributed by atoms with Crippen molar-refractivity contribution in [3.05, 3.63) is 194 Å². The van der Waals surface area contributed by atoms with Gasteiger partial charge in [0.2, 0.25) is 0 Å². The second-order valence-corrected chi connectivity index (χ2v) is 16.6. The summed E-state index contributed by atoms with van der Waals surface area (Å²) in [6.07, 6.45) is 0. The number of benzene rings is 11. The molecule has 11 aromatic carbocycles. The van der Waals surface area contributed by atoms with Gasteiger partial charge in [0.05, 0.1) is 0 Å². The number of rotatable bonds is 3. The lowest BCUT2D eigenvalue weighted by atomic mass is 9.84. The molecule has 2 aromatic heterocycles. The first kappa shape index (κ1) is 31.9. The molecule has 0 aliphatic rings. The second kappa shape index (κ2) is 12.1. The zero-order valence-corrected chi connectivity index (χ0v) is 32.1. The maximum atomic E-state index is 6.53. The van der Waals surface area contributed by atoms with Crippen molar-refractivity contribution in [1.29, 1.82) is 0 Å². The van der Waals surface area contributed by atoms with Crippen molar-refractivity contribution in [3.63, 3.8) is 0 Å². The van der Waals surface area contributed by atoms with Crippen LogP contribution in [0.4, 0.5) is 0 Å². The van der Waals surface area contributed by atoms with Crippen molar-refractivity contribution in [2.24, 2.45) is 0 Å². The summed E-state index contributed by atoms with van der Waals surface area (Å²) < 4.78 is 9.10. The lowest BCUT2D eigenvalue weighted by molar-refractivity contribution is 0.673. The van der Waals surface area contributed by atoms with E-state index in [-0.39, 0.29) is 0 Å². The minimum atomic E-state index is 0.935. The monoisotopic (exact) mass is 752 g/mol. The van der Waals surface area contributed by atoms with E-state index < -0.39 is 0 Å². The SMILES string of the molecule is c1ccc2c(-c3c4ccccc4c(-c4ccc5cc(-c6ccc7sc8c(ccc9ccc%10c%11ccccc%11oc%10c98)c7c6)ccc5c4)c4ccccc34)cccc2c1. The predicted octanol–water partition coefficient (Wildman–Crippen LogP) is 16.7. The van der Waals surface area contributed by atoms with E-state index in [2.05, 4.69) is 188 Å². The largest absolute Gasteiger partial charge is 0.455 e. The van der Waals surface area contributed by atoms with Gasteiger partial charge in [0, 0.05) is 36.3 Å². The Morgan fingerprint density at radius 1 is 0.328 bits per heavy atom. The smallest absolute Gasteiger partial charge is 0.144 e. The Morgan fingerprint density at radius 3 is 1.67 bits per heavy atom. The highest BCUT2D eigenvalue weighted by Crippen LogP contribution is 2.47. The van der Waals surface area contributed by atoms with Gasteiger partial charge in [-0.3, -0.25) is 0 Å². The van der Waals surface area contributed by atoms with Crippen LogP contribution >= 0.6 is 11.3 Å². The molecule has 0 saturated carbocycles. The molecule has 13 aromatic rings. The Hall–Kier alpha value is -7.26. The molecule has 0 radical (unpaired) electrons.